The molecule has 3 N–H and O–H groups in total. The van der Waals surface area contributed by atoms with E-state index in [0.717, 1.165) is 34.7 Å². The lowest BCUT2D eigenvalue weighted by Crippen LogP contribution is -2.30. The van der Waals surface area contributed by atoms with E-state index in [9.17, 15) is 8.42 Å². The summed E-state index contributed by atoms with van der Waals surface area (Å²) < 4.78 is 31.3. The lowest BCUT2D eigenvalue weighted by atomic mass is 10.1. The summed E-state index contributed by atoms with van der Waals surface area (Å²) in [6.07, 6.45) is 0.781. The third kappa shape index (κ3) is 2.06. The average molecular weight is 248 g/mol. The molecule has 1 aliphatic heterocycles. The summed E-state index contributed by atoms with van der Waals surface area (Å²) >= 11 is 1.16. The molecule has 1 aromatic heterocycles. The van der Waals surface area contributed by atoms with Crippen molar-refractivity contribution < 1.29 is 13.0 Å². The van der Waals surface area contributed by atoms with Gasteiger partial charge in [-0.2, -0.15) is 8.42 Å². The molecule has 0 unspecified atom stereocenters. The van der Waals surface area contributed by atoms with E-state index >= 15 is 0 Å². The molecule has 15 heavy (non-hydrogen) atoms. The standard InChI is InChI=1S/C8H12N2O3S2/c1-5-6-4-10-9-3-2-7(6)14-8(5)15(11,12)13/h9-10H,2-4H2,1H3,(H,11,12,13). The number of hydrogen-bond acceptors (Lipinski definition) is 5. The van der Waals surface area contributed by atoms with Crippen LogP contribution in [0.5, 0.6) is 0 Å². The minimum absolute atomic E-state index is 0.0798. The monoisotopic (exact) mass is 248 g/mol. The van der Waals surface area contributed by atoms with Gasteiger partial charge in [0.05, 0.1) is 0 Å². The first-order chi connectivity index (χ1) is 7.00. The fourth-order valence-corrected chi connectivity index (χ4v) is 3.96. The Labute approximate surface area is 92.2 Å². The Morgan fingerprint density at radius 3 is 2.80 bits per heavy atom. The molecule has 2 rings (SSSR count). The summed E-state index contributed by atoms with van der Waals surface area (Å²) in [7, 11) is -4.07. The second-order valence-electron chi connectivity index (χ2n) is 3.42. The smallest absolute Gasteiger partial charge is 0.281 e. The van der Waals surface area contributed by atoms with Gasteiger partial charge in [0.15, 0.2) is 0 Å². The highest BCUT2D eigenvalue weighted by atomic mass is 32.3. The first-order valence-corrected chi connectivity index (χ1v) is 6.80. The molecular weight excluding hydrogens is 236 g/mol. The van der Waals surface area contributed by atoms with Gasteiger partial charge >= 0.3 is 10.1 Å². The van der Waals surface area contributed by atoms with Crippen LogP contribution in [0.3, 0.4) is 0 Å². The molecule has 0 aromatic carbocycles. The maximum atomic E-state index is 11.1. The lowest BCUT2D eigenvalue weighted by Gasteiger charge is -2.01. The first-order valence-electron chi connectivity index (χ1n) is 4.54. The predicted octanol–water partition coefficient (Wildman–Crippen LogP) is 0.454. The van der Waals surface area contributed by atoms with Crippen LogP contribution in [-0.4, -0.2) is 19.5 Å². The molecule has 1 aliphatic rings. The molecule has 0 atom stereocenters. The molecule has 1 aromatic rings. The Balaban J connectivity index is 2.54. The van der Waals surface area contributed by atoms with E-state index in [1.54, 1.807) is 6.92 Å². The van der Waals surface area contributed by atoms with Gasteiger partial charge in [0.2, 0.25) is 0 Å². The topological polar surface area (TPSA) is 78.4 Å². The van der Waals surface area contributed by atoms with Crippen molar-refractivity contribution in [3.63, 3.8) is 0 Å². The zero-order chi connectivity index (χ0) is 11.1. The van der Waals surface area contributed by atoms with Crippen LogP contribution < -0.4 is 10.9 Å². The Hall–Kier alpha value is -0.470. The quantitative estimate of drug-likeness (QED) is 0.629. The molecule has 7 heteroatoms. The van der Waals surface area contributed by atoms with Crippen LogP contribution in [-0.2, 0) is 23.1 Å². The van der Waals surface area contributed by atoms with Crippen LogP contribution in [0.15, 0.2) is 4.21 Å². The van der Waals surface area contributed by atoms with Crippen molar-refractivity contribution in [2.24, 2.45) is 0 Å². The predicted molar refractivity (Wildman–Crippen MR) is 57.4 cm³/mol. The van der Waals surface area contributed by atoms with Crippen LogP contribution in [0.1, 0.15) is 16.0 Å². The summed E-state index contributed by atoms with van der Waals surface area (Å²) in [5, 5.41) is 0. The van der Waals surface area contributed by atoms with Crippen molar-refractivity contribution in [3.8, 4) is 0 Å². The molecule has 0 amide bonds. The van der Waals surface area contributed by atoms with Gasteiger partial charge in [-0.25, -0.2) is 0 Å². The highest BCUT2D eigenvalue weighted by molar-refractivity contribution is 7.88. The van der Waals surface area contributed by atoms with Gasteiger partial charge in [-0.05, 0) is 24.5 Å². The van der Waals surface area contributed by atoms with Gasteiger partial charge in [0.25, 0.3) is 0 Å². The maximum Gasteiger partial charge on any atom is 0.304 e. The molecular formula is C8H12N2O3S2. The fourth-order valence-electron chi connectivity index (χ4n) is 1.68. The summed E-state index contributed by atoms with van der Waals surface area (Å²) in [5.41, 5.74) is 7.64. The van der Waals surface area contributed by atoms with Gasteiger partial charge in [-0.3, -0.25) is 15.4 Å². The van der Waals surface area contributed by atoms with Gasteiger partial charge < -0.3 is 0 Å². The lowest BCUT2D eigenvalue weighted by molar-refractivity contribution is 0.484. The third-order valence-corrected chi connectivity index (χ3v) is 5.26. The van der Waals surface area contributed by atoms with E-state index in [1.165, 1.54) is 0 Å². The van der Waals surface area contributed by atoms with Crippen molar-refractivity contribution >= 4 is 21.5 Å². The van der Waals surface area contributed by atoms with Crippen molar-refractivity contribution in [2.45, 2.75) is 24.1 Å². The van der Waals surface area contributed by atoms with Crippen LogP contribution in [0.25, 0.3) is 0 Å². The van der Waals surface area contributed by atoms with Crippen molar-refractivity contribution in [3.05, 3.63) is 16.0 Å². The normalized spacial score (nSPS) is 17.2. The zero-order valence-electron chi connectivity index (χ0n) is 8.20. The number of rotatable bonds is 1. The van der Waals surface area contributed by atoms with E-state index in [2.05, 4.69) is 10.9 Å². The average Bonchev–Trinajstić information content (AvgIpc) is 2.36. The van der Waals surface area contributed by atoms with E-state index in [0.29, 0.717) is 12.1 Å². The highest BCUT2D eigenvalue weighted by Gasteiger charge is 2.23. The number of hydrogen-bond donors (Lipinski definition) is 3. The number of fused-ring (bicyclic) bond motifs is 1. The molecule has 0 bridgehead atoms. The maximum absolute atomic E-state index is 11.1. The largest absolute Gasteiger partial charge is 0.304 e. The molecule has 2 heterocycles. The summed E-state index contributed by atoms with van der Waals surface area (Å²) in [6, 6.07) is 0. The highest BCUT2D eigenvalue weighted by Crippen LogP contribution is 2.32. The number of nitrogens with one attached hydrogen (secondary N) is 2. The fraction of sp³-hybridized carbons (Fsp3) is 0.500. The molecule has 0 saturated carbocycles. The van der Waals surface area contributed by atoms with E-state index in [-0.39, 0.29) is 4.21 Å². The number of thiophene rings is 1. The van der Waals surface area contributed by atoms with Gasteiger partial charge in [-0.15, -0.1) is 11.3 Å². The summed E-state index contributed by atoms with van der Waals surface area (Å²) in [5.74, 6) is 0. The molecule has 0 saturated heterocycles. The Morgan fingerprint density at radius 1 is 1.40 bits per heavy atom. The third-order valence-electron chi connectivity index (χ3n) is 2.41. The first kappa shape index (κ1) is 11.0. The van der Waals surface area contributed by atoms with E-state index < -0.39 is 10.1 Å². The second kappa shape index (κ2) is 3.84. The number of hydrazine groups is 1. The van der Waals surface area contributed by atoms with E-state index in [1.807, 2.05) is 0 Å². The van der Waals surface area contributed by atoms with Crippen LogP contribution in [0, 0.1) is 6.92 Å². The second-order valence-corrected chi connectivity index (χ2v) is 6.14. The summed E-state index contributed by atoms with van der Waals surface area (Å²) in [6.45, 7) is 3.08. The SMILES string of the molecule is Cc1c(S(=O)(=O)O)sc2c1CNNCC2. The van der Waals surface area contributed by atoms with Gasteiger partial charge in [0, 0.05) is 18.0 Å². The molecule has 0 spiro atoms. The molecule has 0 radical (unpaired) electrons. The van der Waals surface area contributed by atoms with Crippen LogP contribution in [0.2, 0.25) is 0 Å². The van der Waals surface area contributed by atoms with Crippen molar-refractivity contribution in [1.82, 2.24) is 10.9 Å². The van der Waals surface area contributed by atoms with Gasteiger partial charge in [0.1, 0.15) is 4.21 Å². The van der Waals surface area contributed by atoms with Crippen molar-refractivity contribution in [1.29, 1.82) is 0 Å². The zero-order valence-corrected chi connectivity index (χ0v) is 9.83. The Kier molecular flexibility index (Phi) is 2.82. The van der Waals surface area contributed by atoms with E-state index in [4.69, 9.17) is 4.55 Å². The van der Waals surface area contributed by atoms with Crippen LogP contribution >= 0.6 is 11.3 Å². The van der Waals surface area contributed by atoms with Crippen LogP contribution in [0.4, 0.5) is 0 Å². The Morgan fingerprint density at radius 2 is 2.13 bits per heavy atom. The van der Waals surface area contributed by atoms with Gasteiger partial charge in [-0.1, -0.05) is 0 Å². The molecule has 0 fully saturated rings. The summed E-state index contributed by atoms with van der Waals surface area (Å²) in [4.78, 5) is 1.03. The molecule has 84 valence electrons. The van der Waals surface area contributed by atoms with Crippen molar-refractivity contribution in [2.75, 3.05) is 6.54 Å². The molecule has 5 nitrogen and oxygen atoms in total. The minimum atomic E-state index is -4.07. The minimum Gasteiger partial charge on any atom is -0.281 e. The molecule has 0 aliphatic carbocycles. The Bertz CT molecular complexity index is 478.